The van der Waals surface area contributed by atoms with Crippen LogP contribution in [-0.2, 0) is 0 Å². The van der Waals surface area contributed by atoms with Crippen LogP contribution in [0.25, 0.3) is 55.3 Å². The summed E-state index contributed by atoms with van der Waals surface area (Å²) in [7, 11) is 0. The minimum Gasteiger partial charge on any atom is -0.359 e. The molecule has 7 heteroatoms. The fraction of sp³-hybridized carbons (Fsp3) is 0.0244. The van der Waals surface area contributed by atoms with Crippen LogP contribution in [-0.4, -0.2) is 19.9 Å². The lowest BCUT2D eigenvalue weighted by Gasteiger charge is -2.26. The molecule has 10 rings (SSSR count). The van der Waals surface area contributed by atoms with Crippen molar-refractivity contribution in [3.8, 4) is 33.5 Å². The maximum atomic E-state index is 5.16. The van der Waals surface area contributed by atoms with E-state index in [0.717, 1.165) is 87.7 Å². The van der Waals surface area contributed by atoms with Crippen LogP contribution in [0.1, 0.15) is 11.7 Å². The quantitative estimate of drug-likeness (QED) is 0.207. The summed E-state index contributed by atoms with van der Waals surface area (Å²) in [6.07, 6.45) is 9.51. The fourth-order valence-electron chi connectivity index (χ4n) is 7.06. The molecule has 4 aromatic heterocycles. The van der Waals surface area contributed by atoms with Gasteiger partial charge in [-0.15, -0.1) is 0 Å². The third-order valence-corrected chi connectivity index (χ3v) is 10.4. The number of para-hydroxylation sites is 4. The van der Waals surface area contributed by atoms with Crippen LogP contribution in [0.2, 0.25) is 0 Å². The van der Waals surface area contributed by atoms with E-state index in [1.807, 2.05) is 43.1 Å². The van der Waals surface area contributed by atoms with Crippen LogP contribution in [0.15, 0.2) is 156 Å². The Hall–Kier alpha value is -6.05. The molecule has 6 nitrogen and oxygen atoms in total. The van der Waals surface area contributed by atoms with Crippen molar-refractivity contribution in [3.63, 3.8) is 0 Å². The molecule has 0 saturated carbocycles. The van der Waals surface area contributed by atoms with E-state index in [0.29, 0.717) is 0 Å². The monoisotopic (exact) mass is 634 g/mol. The lowest BCUT2D eigenvalue weighted by molar-refractivity contribution is 0.800. The van der Waals surface area contributed by atoms with E-state index in [1.165, 1.54) is 0 Å². The molecular weight excluding hydrogens is 609 g/mol. The maximum absolute atomic E-state index is 5.16. The standard InChI is InChI=1S/C41H26N6S/c1-2-14-35-33(13-1)46-41-32-23-45-34(22-38(32)48-37-15-18-42-24-36(37)47(35)41)29-20-27(30-11-3-7-25-9-5-16-43-39(25)30)19-28(21-29)31-12-4-8-26-10-6-17-44-40(26)31/h1-24,41,46H. The van der Waals surface area contributed by atoms with Crippen LogP contribution in [0.5, 0.6) is 0 Å². The largest absolute Gasteiger partial charge is 0.359 e. The van der Waals surface area contributed by atoms with Crippen LogP contribution in [0.3, 0.4) is 0 Å². The molecule has 2 aliphatic rings. The van der Waals surface area contributed by atoms with E-state index in [9.17, 15) is 0 Å². The van der Waals surface area contributed by atoms with E-state index >= 15 is 0 Å². The minimum atomic E-state index is -0.0951. The van der Waals surface area contributed by atoms with Crippen LogP contribution < -0.4 is 10.2 Å². The molecule has 48 heavy (non-hydrogen) atoms. The van der Waals surface area contributed by atoms with Gasteiger partial charge < -0.3 is 10.2 Å². The van der Waals surface area contributed by atoms with Crippen molar-refractivity contribution in [1.82, 2.24) is 19.9 Å². The molecule has 0 bridgehead atoms. The Labute approximate surface area is 281 Å². The number of rotatable bonds is 3. The topological polar surface area (TPSA) is 66.8 Å². The second-order valence-electron chi connectivity index (χ2n) is 12.0. The Morgan fingerprint density at radius 2 is 1.25 bits per heavy atom. The second kappa shape index (κ2) is 10.8. The molecule has 0 spiro atoms. The first-order chi connectivity index (χ1) is 23.8. The van der Waals surface area contributed by atoms with E-state index in [4.69, 9.17) is 15.0 Å². The summed E-state index contributed by atoms with van der Waals surface area (Å²) in [5.74, 6) is 0. The number of fused-ring (bicyclic) bond motifs is 9. The molecule has 1 unspecified atom stereocenters. The summed E-state index contributed by atoms with van der Waals surface area (Å²) in [6.45, 7) is 0. The molecule has 1 N–H and O–H groups in total. The highest BCUT2D eigenvalue weighted by molar-refractivity contribution is 7.99. The third-order valence-electron chi connectivity index (χ3n) is 9.26. The first-order valence-electron chi connectivity index (χ1n) is 15.9. The predicted octanol–water partition coefficient (Wildman–Crippen LogP) is 10.3. The highest BCUT2D eigenvalue weighted by Gasteiger charge is 2.36. The van der Waals surface area contributed by atoms with Gasteiger partial charge in [-0.25, -0.2) is 0 Å². The summed E-state index contributed by atoms with van der Waals surface area (Å²) in [5.41, 5.74) is 12.7. The van der Waals surface area contributed by atoms with Crippen molar-refractivity contribution < 1.29 is 0 Å². The van der Waals surface area contributed by atoms with Gasteiger partial charge in [0, 0.05) is 67.6 Å². The molecule has 1 atom stereocenters. The smallest absolute Gasteiger partial charge is 0.133 e. The van der Waals surface area contributed by atoms with Gasteiger partial charge in [0.25, 0.3) is 0 Å². The molecule has 226 valence electrons. The van der Waals surface area contributed by atoms with Crippen LogP contribution in [0, 0.1) is 0 Å². The van der Waals surface area contributed by atoms with Gasteiger partial charge in [-0.05, 0) is 65.7 Å². The number of anilines is 3. The Balaban J connectivity index is 1.18. The van der Waals surface area contributed by atoms with Gasteiger partial charge in [0.15, 0.2) is 0 Å². The van der Waals surface area contributed by atoms with Crippen molar-refractivity contribution in [2.45, 2.75) is 16.0 Å². The molecular formula is C41H26N6S. The third kappa shape index (κ3) is 4.28. The highest BCUT2D eigenvalue weighted by atomic mass is 32.2. The van der Waals surface area contributed by atoms with Gasteiger partial charge in [0.1, 0.15) is 6.17 Å². The zero-order valence-electron chi connectivity index (χ0n) is 25.6. The van der Waals surface area contributed by atoms with Crippen molar-refractivity contribution in [2.24, 2.45) is 0 Å². The van der Waals surface area contributed by atoms with Crippen molar-refractivity contribution in [2.75, 3.05) is 10.2 Å². The second-order valence-corrected chi connectivity index (χ2v) is 13.1. The lowest BCUT2D eigenvalue weighted by Crippen LogP contribution is -2.23. The van der Waals surface area contributed by atoms with E-state index < -0.39 is 0 Å². The number of nitrogens with zero attached hydrogens (tertiary/aromatic N) is 5. The predicted molar refractivity (Wildman–Crippen MR) is 194 cm³/mol. The number of aromatic nitrogens is 4. The summed E-state index contributed by atoms with van der Waals surface area (Å²) in [4.78, 5) is 23.9. The number of hydrogen-bond acceptors (Lipinski definition) is 7. The summed E-state index contributed by atoms with van der Waals surface area (Å²) in [5, 5.41) is 5.97. The molecule has 0 fully saturated rings. The fourth-order valence-corrected chi connectivity index (χ4v) is 8.14. The van der Waals surface area contributed by atoms with E-state index in [2.05, 4.69) is 118 Å². The normalized spacial score (nSPS) is 14.5. The van der Waals surface area contributed by atoms with Gasteiger partial charge in [-0.2, -0.15) is 0 Å². The number of nitrogens with one attached hydrogen (secondary N) is 1. The van der Waals surface area contributed by atoms with Crippen molar-refractivity contribution >= 4 is 50.6 Å². The highest BCUT2D eigenvalue weighted by Crippen LogP contribution is 2.53. The minimum absolute atomic E-state index is 0.0951. The van der Waals surface area contributed by atoms with Gasteiger partial charge in [-0.1, -0.05) is 72.4 Å². The summed E-state index contributed by atoms with van der Waals surface area (Å²) >= 11 is 1.77. The Bertz CT molecular complexity index is 2460. The van der Waals surface area contributed by atoms with Crippen molar-refractivity contribution in [3.05, 3.63) is 152 Å². The molecule has 0 aliphatic carbocycles. The molecule has 0 saturated heterocycles. The molecule has 4 aromatic carbocycles. The number of hydrogen-bond donors (Lipinski definition) is 1. The SMILES string of the molecule is c1ccc2c(c1)NC1c3cnc(-c4cc(-c5cccc6cccnc56)cc(-c5cccc6cccnc56)c4)cc3Sc3ccncc3N21. The lowest BCUT2D eigenvalue weighted by atomic mass is 9.92. The molecule has 6 heterocycles. The first kappa shape index (κ1) is 27.1. The number of pyridine rings is 4. The summed E-state index contributed by atoms with van der Waals surface area (Å²) < 4.78 is 0. The molecule has 0 radical (unpaired) electrons. The zero-order valence-corrected chi connectivity index (χ0v) is 26.4. The Kier molecular flexibility index (Phi) is 6.07. The van der Waals surface area contributed by atoms with Gasteiger partial charge in [0.2, 0.25) is 0 Å². The Morgan fingerprint density at radius 1 is 0.562 bits per heavy atom. The average Bonchev–Trinajstić information content (AvgIpc) is 3.47. The van der Waals surface area contributed by atoms with Gasteiger partial charge in [0.05, 0.1) is 40.0 Å². The molecule has 2 aliphatic heterocycles. The van der Waals surface area contributed by atoms with Crippen molar-refractivity contribution in [1.29, 1.82) is 0 Å². The Morgan fingerprint density at radius 3 is 2.00 bits per heavy atom. The first-order valence-corrected chi connectivity index (χ1v) is 16.7. The van der Waals surface area contributed by atoms with Crippen LogP contribution in [0.4, 0.5) is 17.1 Å². The van der Waals surface area contributed by atoms with Gasteiger partial charge in [-0.3, -0.25) is 19.9 Å². The molecule has 8 aromatic rings. The molecule has 0 amide bonds. The van der Waals surface area contributed by atoms with Gasteiger partial charge >= 0.3 is 0 Å². The maximum Gasteiger partial charge on any atom is 0.133 e. The number of benzene rings is 4. The summed E-state index contributed by atoms with van der Waals surface area (Å²) in [6, 6.07) is 40.5. The zero-order chi connectivity index (χ0) is 31.6. The van der Waals surface area contributed by atoms with Crippen LogP contribution >= 0.6 is 11.8 Å². The van der Waals surface area contributed by atoms with E-state index in [1.54, 1.807) is 11.8 Å². The average molecular weight is 635 g/mol. The van der Waals surface area contributed by atoms with E-state index in [-0.39, 0.29) is 6.17 Å².